The van der Waals surface area contributed by atoms with Crippen molar-refractivity contribution in [2.24, 2.45) is 0 Å². The number of carbonyl (C=O) groups excluding carboxylic acids is 1. The summed E-state index contributed by atoms with van der Waals surface area (Å²) in [7, 11) is 0.307. The molecule has 0 bridgehead atoms. The van der Waals surface area contributed by atoms with E-state index in [2.05, 4.69) is 0 Å². The Hall–Kier alpha value is -1.91. The molecule has 0 radical (unpaired) electrons. The van der Waals surface area contributed by atoms with Gasteiger partial charge in [-0.1, -0.05) is 0 Å². The molecule has 1 aromatic rings. The first-order valence-electron chi connectivity index (χ1n) is 6.77. The van der Waals surface area contributed by atoms with E-state index in [1.165, 1.54) is 33.3 Å². The van der Waals surface area contributed by atoms with Gasteiger partial charge in [0.2, 0.25) is 5.09 Å². The molecule has 2 rings (SSSR count). The lowest BCUT2D eigenvalue weighted by molar-refractivity contribution is -0.141. The lowest BCUT2D eigenvalue weighted by Crippen LogP contribution is -2.40. The number of sulfonamides is 1. The van der Waals surface area contributed by atoms with Gasteiger partial charge in [-0.2, -0.15) is 0 Å². The minimum absolute atomic E-state index is 0.1000. The van der Waals surface area contributed by atoms with E-state index in [9.17, 15) is 23.1 Å². The number of hydrogen-bond donors (Lipinski definition) is 1. The number of hydrogen-bond acceptors (Lipinski definition) is 6. The minimum atomic E-state index is -3.80. The van der Waals surface area contributed by atoms with Crippen LogP contribution in [0.25, 0.3) is 0 Å². The van der Waals surface area contributed by atoms with Gasteiger partial charge in [-0.05, 0) is 12.1 Å². The monoisotopic (exact) mass is 346 g/mol. The lowest BCUT2D eigenvalue weighted by Gasteiger charge is -2.19. The summed E-state index contributed by atoms with van der Waals surface area (Å²) in [4.78, 5) is 24.8. The predicted molar refractivity (Wildman–Crippen MR) is 77.5 cm³/mol. The Labute approximate surface area is 133 Å². The molecule has 1 aliphatic heterocycles. The molecule has 2 unspecified atom stereocenters. The highest BCUT2D eigenvalue weighted by Gasteiger charge is 2.41. The van der Waals surface area contributed by atoms with E-state index in [4.69, 9.17) is 9.15 Å². The van der Waals surface area contributed by atoms with Crippen LogP contribution in [0.3, 0.4) is 0 Å². The second-order valence-electron chi connectivity index (χ2n) is 5.31. The fourth-order valence-electron chi connectivity index (χ4n) is 2.32. The first-order chi connectivity index (χ1) is 10.7. The van der Waals surface area contributed by atoms with E-state index in [1.54, 1.807) is 0 Å². The first kappa shape index (κ1) is 17.4. The fourth-order valence-corrected chi connectivity index (χ4v) is 3.12. The molecule has 1 saturated heterocycles. The zero-order valence-electron chi connectivity index (χ0n) is 12.9. The Bertz CT molecular complexity index is 710. The van der Waals surface area contributed by atoms with Gasteiger partial charge in [0.1, 0.15) is 6.04 Å². The quantitative estimate of drug-likeness (QED) is 0.787. The summed E-state index contributed by atoms with van der Waals surface area (Å²) >= 11 is 0. The molecule has 1 aromatic heterocycles. The van der Waals surface area contributed by atoms with Crippen LogP contribution >= 0.6 is 0 Å². The number of likely N-dealkylation sites (tertiary alicyclic amines) is 1. The van der Waals surface area contributed by atoms with Crippen molar-refractivity contribution in [1.82, 2.24) is 9.21 Å². The second-order valence-corrected chi connectivity index (χ2v) is 7.39. The van der Waals surface area contributed by atoms with Crippen LogP contribution in [0, 0.1) is 0 Å². The van der Waals surface area contributed by atoms with Crippen molar-refractivity contribution < 1.29 is 32.3 Å². The number of aliphatic carboxylic acids is 1. The van der Waals surface area contributed by atoms with Gasteiger partial charge in [0.25, 0.3) is 15.9 Å². The molecule has 1 aliphatic rings. The van der Waals surface area contributed by atoms with Crippen LogP contribution in [0.5, 0.6) is 0 Å². The summed E-state index contributed by atoms with van der Waals surface area (Å²) in [6.07, 6.45) is -0.221. The third-order valence-electron chi connectivity index (χ3n) is 3.67. The second kappa shape index (κ2) is 6.30. The number of nitrogens with zero attached hydrogens (tertiary/aromatic N) is 2. The molecule has 0 aromatic carbocycles. The third kappa shape index (κ3) is 3.23. The molecule has 0 aliphatic carbocycles. The van der Waals surface area contributed by atoms with Crippen molar-refractivity contribution in [3.63, 3.8) is 0 Å². The topological polar surface area (TPSA) is 117 Å². The maximum Gasteiger partial charge on any atom is 0.326 e. The lowest BCUT2D eigenvalue weighted by atomic mass is 10.2. The van der Waals surface area contributed by atoms with Crippen molar-refractivity contribution in [2.75, 3.05) is 27.7 Å². The van der Waals surface area contributed by atoms with Crippen LogP contribution in [0.15, 0.2) is 21.6 Å². The van der Waals surface area contributed by atoms with Gasteiger partial charge in [0.05, 0.1) is 6.10 Å². The van der Waals surface area contributed by atoms with Crippen LogP contribution < -0.4 is 0 Å². The number of amides is 1. The van der Waals surface area contributed by atoms with Gasteiger partial charge < -0.3 is 19.2 Å². The van der Waals surface area contributed by atoms with Crippen LogP contribution in [0.4, 0.5) is 0 Å². The molecule has 1 fully saturated rings. The summed E-state index contributed by atoms with van der Waals surface area (Å²) in [6.45, 7) is 0.1000. The largest absolute Gasteiger partial charge is 0.480 e. The summed E-state index contributed by atoms with van der Waals surface area (Å²) in [6, 6.07) is 1.35. The van der Waals surface area contributed by atoms with Gasteiger partial charge >= 0.3 is 5.97 Å². The van der Waals surface area contributed by atoms with Gasteiger partial charge in [0, 0.05) is 34.2 Å². The molecule has 10 heteroatoms. The number of methoxy groups -OCH3 is 1. The van der Waals surface area contributed by atoms with E-state index < -0.39 is 27.9 Å². The number of rotatable bonds is 5. The fraction of sp³-hybridized carbons (Fsp3) is 0.538. The Morgan fingerprint density at radius 1 is 1.39 bits per heavy atom. The molecular formula is C13H18N2O7S. The van der Waals surface area contributed by atoms with E-state index in [-0.39, 0.29) is 29.9 Å². The molecular weight excluding hydrogens is 328 g/mol. The van der Waals surface area contributed by atoms with E-state index in [0.29, 0.717) is 0 Å². The van der Waals surface area contributed by atoms with Gasteiger partial charge in [-0.15, -0.1) is 0 Å². The summed E-state index contributed by atoms with van der Waals surface area (Å²) in [5.41, 5.74) is 0. The van der Waals surface area contributed by atoms with Gasteiger partial charge in [0.15, 0.2) is 5.76 Å². The van der Waals surface area contributed by atoms with E-state index >= 15 is 0 Å². The van der Waals surface area contributed by atoms with Crippen molar-refractivity contribution in [3.8, 4) is 0 Å². The highest BCUT2D eigenvalue weighted by Crippen LogP contribution is 2.24. The number of furan rings is 1. The molecule has 1 N–H and O–H groups in total. The Morgan fingerprint density at radius 3 is 2.57 bits per heavy atom. The van der Waals surface area contributed by atoms with Crippen LogP contribution in [0.2, 0.25) is 0 Å². The molecule has 0 spiro atoms. The van der Waals surface area contributed by atoms with Crippen LogP contribution in [0.1, 0.15) is 17.0 Å². The molecule has 0 saturated carbocycles. The Balaban J connectivity index is 2.27. The van der Waals surface area contributed by atoms with Crippen molar-refractivity contribution in [2.45, 2.75) is 23.7 Å². The van der Waals surface area contributed by atoms with Gasteiger partial charge in [-0.25, -0.2) is 17.5 Å². The van der Waals surface area contributed by atoms with Crippen LogP contribution in [-0.2, 0) is 19.6 Å². The van der Waals surface area contributed by atoms with Gasteiger partial charge in [-0.3, -0.25) is 4.79 Å². The highest BCUT2D eigenvalue weighted by atomic mass is 32.2. The third-order valence-corrected chi connectivity index (χ3v) is 5.36. The standard InChI is InChI=1S/C13H18N2O7S/c1-14(2)23(19,20)11-5-4-10(22-11)12(16)15-7-8(21-3)6-9(15)13(17)18/h4-5,8-9H,6-7H2,1-3H3,(H,17,18). The molecule has 9 nitrogen and oxygen atoms in total. The molecule has 2 heterocycles. The van der Waals surface area contributed by atoms with E-state index in [1.807, 2.05) is 0 Å². The first-order valence-corrected chi connectivity index (χ1v) is 8.21. The minimum Gasteiger partial charge on any atom is -0.480 e. The zero-order chi connectivity index (χ0) is 17.4. The Kier molecular flexibility index (Phi) is 4.78. The predicted octanol–water partition coefficient (Wildman–Crippen LogP) is -0.156. The van der Waals surface area contributed by atoms with Crippen molar-refractivity contribution in [1.29, 1.82) is 0 Å². The number of carbonyl (C=O) groups is 2. The summed E-state index contributed by atoms with van der Waals surface area (Å²) in [5, 5.41) is 8.84. The van der Waals surface area contributed by atoms with Crippen molar-refractivity contribution in [3.05, 3.63) is 17.9 Å². The summed E-state index contributed by atoms with van der Waals surface area (Å²) < 4.78 is 35.1. The Morgan fingerprint density at radius 2 is 2.04 bits per heavy atom. The number of carboxylic acid groups (broad SMARTS) is 1. The van der Waals surface area contributed by atoms with E-state index in [0.717, 1.165) is 9.21 Å². The maximum absolute atomic E-state index is 12.4. The summed E-state index contributed by atoms with van der Waals surface area (Å²) in [5.74, 6) is -2.06. The molecule has 23 heavy (non-hydrogen) atoms. The van der Waals surface area contributed by atoms with Crippen LogP contribution in [-0.4, -0.2) is 74.5 Å². The molecule has 128 valence electrons. The highest BCUT2D eigenvalue weighted by molar-refractivity contribution is 7.88. The molecule has 1 amide bonds. The van der Waals surface area contributed by atoms with Crippen molar-refractivity contribution >= 4 is 21.9 Å². The average Bonchev–Trinajstić information content (AvgIpc) is 3.13. The maximum atomic E-state index is 12.4. The smallest absolute Gasteiger partial charge is 0.326 e. The molecule has 2 atom stereocenters. The average molecular weight is 346 g/mol. The SMILES string of the molecule is COC1CC(C(=O)O)N(C(=O)c2ccc(S(=O)(=O)N(C)C)o2)C1. The number of ether oxygens (including phenoxy) is 1. The normalized spacial score (nSPS) is 21.8. The number of carboxylic acids is 1. The zero-order valence-corrected chi connectivity index (χ0v) is 13.7.